The zero-order valence-electron chi connectivity index (χ0n) is 11.6. The number of carbonyl (C=O) groups is 1. The van der Waals surface area contributed by atoms with Crippen LogP contribution in [0.15, 0.2) is 48.5 Å². The summed E-state index contributed by atoms with van der Waals surface area (Å²) in [6.07, 6.45) is 0. The van der Waals surface area contributed by atoms with Crippen molar-refractivity contribution in [2.75, 3.05) is 18.1 Å². The van der Waals surface area contributed by atoms with E-state index in [1.54, 1.807) is 23.1 Å². The number of benzene rings is 2. The zero-order chi connectivity index (χ0) is 15.2. The molecule has 0 aliphatic rings. The number of para-hydroxylation sites is 1. The quantitative estimate of drug-likeness (QED) is 0.814. The van der Waals surface area contributed by atoms with Crippen LogP contribution in [0.25, 0.3) is 0 Å². The third-order valence-corrected chi connectivity index (χ3v) is 3.75. The van der Waals surface area contributed by atoms with E-state index in [4.69, 9.17) is 27.9 Å². The molecule has 0 aromatic heterocycles. The first kappa shape index (κ1) is 15.7. The highest BCUT2D eigenvalue weighted by molar-refractivity contribution is 6.42. The van der Waals surface area contributed by atoms with Gasteiger partial charge in [-0.2, -0.15) is 0 Å². The smallest absolute Gasteiger partial charge is 0.264 e. The van der Waals surface area contributed by atoms with Crippen LogP contribution in [0.2, 0.25) is 10.0 Å². The molecule has 0 aliphatic carbocycles. The summed E-state index contributed by atoms with van der Waals surface area (Å²) in [6, 6.07) is 14.5. The maximum Gasteiger partial charge on any atom is 0.264 e. The molecule has 0 saturated carbocycles. The van der Waals surface area contributed by atoms with Gasteiger partial charge in [0.1, 0.15) is 10.8 Å². The first-order valence-corrected chi connectivity index (χ1v) is 7.31. The molecule has 0 bridgehead atoms. The standard InChI is InChI=1S/C16H15Cl2NO2/c1-2-19(12-7-4-3-5-8-12)15(20)11-21-14-10-6-9-13(17)16(14)18/h3-10H,2,11H2,1H3. The molecule has 0 N–H and O–H groups in total. The van der Waals surface area contributed by atoms with Gasteiger partial charge in [-0.15, -0.1) is 0 Å². The molecule has 21 heavy (non-hydrogen) atoms. The highest BCUT2D eigenvalue weighted by Crippen LogP contribution is 2.31. The second kappa shape index (κ2) is 7.34. The fourth-order valence-corrected chi connectivity index (χ4v) is 2.27. The van der Waals surface area contributed by atoms with Crippen LogP contribution in [-0.2, 0) is 4.79 Å². The summed E-state index contributed by atoms with van der Waals surface area (Å²) in [5.41, 5.74) is 0.839. The van der Waals surface area contributed by atoms with E-state index in [9.17, 15) is 4.79 Å². The lowest BCUT2D eigenvalue weighted by atomic mass is 10.3. The average Bonchev–Trinajstić information content (AvgIpc) is 2.50. The van der Waals surface area contributed by atoms with Crippen LogP contribution >= 0.6 is 23.2 Å². The molecule has 2 aromatic carbocycles. The van der Waals surface area contributed by atoms with E-state index in [0.717, 1.165) is 5.69 Å². The first-order valence-electron chi connectivity index (χ1n) is 6.55. The van der Waals surface area contributed by atoms with E-state index in [2.05, 4.69) is 0 Å². The minimum atomic E-state index is -0.139. The maximum absolute atomic E-state index is 12.3. The SMILES string of the molecule is CCN(C(=O)COc1cccc(Cl)c1Cl)c1ccccc1. The molecule has 0 spiro atoms. The predicted molar refractivity (Wildman–Crippen MR) is 86.4 cm³/mol. The van der Waals surface area contributed by atoms with E-state index in [1.165, 1.54) is 0 Å². The topological polar surface area (TPSA) is 29.5 Å². The fraction of sp³-hybridized carbons (Fsp3) is 0.188. The van der Waals surface area contributed by atoms with E-state index in [0.29, 0.717) is 22.3 Å². The van der Waals surface area contributed by atoms with E-state index < -0.39 is 0 Å². The Morgan fingerprint density at radius 1 is 1.10 bits per heavy atom. The number of likely N-dealkylation sites (N-methyl/N-ethyl adjacent to an activating group) is 1. The summed E-state index contributed by atoms with van der Waals surface area (Å²) in [5.74, 6) is 0.265. The Morgan fingerprint density at radius 2 is 1.81 bits per heavy atom. The third-order valence-electron chi connectivity index (χ3n) is 2.95. The van der Waals surface area contributed by atoms with Crippen LogP contribution in [0.5, 0.6) is 5.75 Å². The van der Waals surface area contributed by atoms with Gasteiger partial charge in [0.2, 0.25) is 0 Å². The molecule has 2 aromatic rings. The molecular formula is C16H15Cl2NO2. The van der Waals surface area contributed by atoms with Gasteiger partial charge in [-0.3, -0.25) is 4.79 Å². The Hall–Kier alpha value is -1.71. The molecule has 0 saturated heterocycles. The van der Waals surface area contributed by atoms with Gasteiger partial charge in [-0.05, 0) is 31.2 Å². The molecular weight excluding hydrogens is 309 g/mol. The summed E-state index contributed by atoms with van der Waals surface area (Å²) >= 11 is 11.9. The Labute approximate surface area is 134 Å². The lowest BCUT2D eigenvalue weighted by Gasteiger charge is -2.21. The van der Waals surface area contributed by atoms with Crippen molar-refractivity contribution in [3.05, 3.63) is 58.6 Å². The van der Waals surface area contributed by atoms with Crippen LogP contribution in [0.4, 0.5) is 5.69 Å². The van der Waals surface area contributed by atoms with Crippen molar-refractivity contribution in [3.8, 4) is 5.75 Å². The Bertz CT molecular complexity index is 617. The molecule has 5 heteroatoms. The Morgan fingerprint density at radius 3 is 2.48 bits per heavy atom. The van der Waals surface area contributed by atoms with Crippen molar-refractivity contribution in [2.24, 2.45) is 0 Å². The lowest BCUT2D eigenvalue weighted by Crippen LogP contribution is -2.34. The molecule has 3 nitrogen and oxygen atoms in total. The lowest BCUT2D eigenvalue weighted by molar-refractivity contribution is -0.120. The number of anilines is 1. The van der Waals surface area contributed by atoms with Gasteiger partial charge in [-0.1, -0.05) is 47.5 Å². The van der Waals surface area contributed by atoms with Crippen LogP contribution < -0.4 is 9.64 Å². The summed E-state index contributed by atoms with van der Waals surface area (Å²) < 4.78 is 5.48. The minimum Gasteiger partial charge on any atom is -0.482 e. The van der Waals surface area contributed by atoms with Crippen molar-refractivity contribution in [1.82, 2.24) is 0 Å². The minimum absolute atomic E-state index is 0.0944. The normalized spacial score (nSPS) is 10.2. The molecule has 0 radical (unpaired) electrons. The number of carbonyl (C=O) groups excluding carboxylic acids is 1. The van der Waals surface area contributed by atoms with Crippen molar-refractivity contribution >= 4 is 34.8 Å². The first-order chi connectivity index (χ1) is 10.1. The van der Waals surface area contributed by atoms with E-state index >= 15 is 0 Å². The van der Waals surface area contributed by atoms with E-state index in [1.807, 2.05) is 37.3 Å². The van der Waals surface area contributed by atoms with Gasteiger partial charge in [0.15, 0.2) is 6.61 Å². The average molecular weight is 324 g/mol. The van der Waals surface area contributed by atoms with Gasteiger partial charge < -0.3 is 9.64 Å². The van der Waals surface area contributed by atoms with Gasteiger partial charge in [0.25, 0.3) is 5.91 Å². The largest absolute Gasteiger partial charge is 0.482 e. The van der Waals surface area contributed by atoms with Crippen molar-refractivity contribution in [2.45, 2.75) is 6.92 Å². The summed E-state index contributed by atoms with van der Waals surface area (Å²) in [6.45, 7) is 2.38. The molecule has 2 rings (SSSR count). The summed E-state index contributed by atoms with van der Waals surface area (Å²) in [4.78, 5) is 13.9. The second-order valence-electron chi connectivity index (χ2n) is 4.31. The number of halogens is 2. The Kier molecular flexibility index (Phi) is 5.48. The monoisotopic (exact) mass is 323 g/mol. The van der Waals surface area contributed by atoms with Crippen LogP contribution in [-0.4, -0.2) is 19.1 Å². The molecule has 0 unspecified atom stereocenters. The molecule has 0 atom stereocenters. The highest BCUT2D eigenvalue weighted by Gasteiger charge is 2.15. The molecule has 1 amide bonds. The summed E-state index contributed by atoms with van der Waals surface area (Å²) in [7, 11) is 0. The van der Waals surface area contributed by atoms with Crippen LogP contribution in [0, 0.1) is 0 Å². The van der Waals surface area contributed by atoms with Gasteiger partial charge in [0.05, 0.1) is 5.02 Å². The van der Waals surface area contributed by atoms with Crippen molar-refractivity contribution in [1.29, 1.82) is 0 Å². The third kappa shape index (κ3) is 3.90. The number of hydrogen-bond donors (Lipinski definition) is 0. The van der Waals surface area contributed by atoms with Crippen LogP contribution in [0.1, 0.15) is 6.92 Å². The zero-order valence-corrected chi connectivity index (χ0v) is 13.1. The van der Waals surface area contributed by atoms with Gasteiger partial charge >= 0.3 is 0 Å². The number of rotatable bonds is 5. The predicted octanol–water partition coefficient (Wildman–Crippen LogP) is 4.43. The molecule has 0 fully saturated rings. The van der Waals surface area contributed by atoms with E-state index in [-0.39, 0.29) is 12.5 Å². The fourth-order valence-electron chi connectivity index (χ4n) is 1.92. The second-order valence-corrected chi connectivity index (χ2v) is 5.10. The molecule has 110 valence electrons. The summed E-state index contributed by atoms with van der Waals surface area (Å²) in [5, 5.41) is 0.715. The maximum atomic E-state index is 12.3. The molecule has 0 aliphatic heterocycles. The number of amides is 1. The number of ether oxygens (including phenoxy) is 1. The van der Waals surface area contributed by atoms with Crippen LogP contribution in [0.3, 0.4) is 0 Å². The number of nitrogens with zero attached hydrogens (tertiary/aromatic N) is 1. The van der Waals surface area contributed by atoms with Crippen molar-refractivity contribution in [3.63, 3.8) is 0 Å². The van der Waals surface area contributed by atoms with Gasteiger partial charge in [0, 0.05) is 12.2 Å². The van der Waals surface area contributed by atoms with Gasteiger partial charge in [-0.25, -0.2) is 0 Å². The Balaban J connectivity index is 2.05. The molecule has 0 heterocycles. The van der Waals surface area contributed by atoms with Crippen molar-refractivity contribution < 1.29 is 9.53 Å². The number of hydrogen-bond acceptors (Lipinski definition) is 2. The highest BCUT2D eigenvalue weighted by atomic mass is 35.5.